The summed E-state index contributed by atoms with van der Waals surface area (Å²) in [6.07, 6.45) is 0.299. The fourth-order valence-electron chi connectivity index (χ4n) is 1.95. The first kappa shape index (κ1) is 10.7. The van der Waals surface area contributed by atoms with Gasteiger partial charge in [-0.05, 0) is 11.6 Å². The normalized spacial score (nSPS) is 18.6. The molecule has 1 unspecified atom stereocenters. The molecule has 1 amide bonds. The van der Waals surface area contributed by atoms with E-state index in [1.54, 1.807) is 6.07 Å². The van der Waals surface area contributed by atoms with Gasteiger partial charge in [-0.25, -0.2) is 0 Å². The third-order valence-corrected chi connectivity index (χ3v) is 2.79. The largest absolute Gasteiger partial charge is 0.469 e. The molecule has 4 heteroatoms. The highest BCUT2D eigenvalue weighted by Gasteiger charge is 2.26. The van der Waals surface area contributed by atoms with Gasteiger partial charge in [0, 0.05) is 18.0 Å². The fourth-order valence-corrected chi connectivity index (χ4v) is 1.95. The second kappa shape index (κ2) is 4.35. The molecule has 1 heterocycles. The zero-order valence-corrected chi connectivity index (χ0v) is 9.03. The number of nitrogens with one attached hydrogen (secondary N) is 1. The smallest absolute Gasteiger partial charge is 0.306 e. The summed E-state index contributed by atoms with van der Waals surface area (Å²) >= 11 is 0. The van der Waals surface area contributed by atoms with Crippen molar-refractivity contribution in [1.82, 2.24) is 5.32 Å². The molecule has 0 radical (unpaired) electrons. The second-order valence-electron chi connectivity index (χ2n) is 3.77. The lowest BCUT2D eigenvalue weighted by Crippen LogP contribution is -2.35. The summed E-state index contributed by atoms with van der Waals surface area (Å²) < 4.78 is 4.64. The van der Waals surface area contributed by atoms with E-state index < -0.39 is 0 Å². The maximum atomic E-state index is 11.6. The first-order chi connectivity index (χ1) is 7.72. The summed E-state index contributed by atoms with van der Waals surface area (Å²) in [7, 11) is 1.37. The Morgan fingerprint density at radius 3 is 3.00 bits per heavy atom. The van der Waals surface area contributed by atoms with E-state index in [4.69, 9.17) is 0 Å². The highest BCUT2D eigenvalue weighted by atomic mass is 16.5. The molecule has 0 spiro atoms. The molecule has 0 fully saturated rings. The predicted octanol–water partition coefficient (Wildman–Crippen LogP) is 1.08. The Labute approximate surface area is 93.6 Å². The van der Waals surface area contributed by atoms with Crippen LogP contribution in [0.1, 0.15) is 28.3 Å². The molecule has 1 aromatic carbocycles. The van der Waals surface area contributed by atoms with Crippen LogP contribution in [-0.4, -0.2) is 25.5 Å². The summed E-state index contributed by atoms with van der Waals surface area (Å²) in [5, 5.41) is 2.77. The van der Waals surface area contributed by atoms with Gasteiger partial charge < -0.3 is 10.1 Å². The van der Waals surface area contributed by atoms with Gasteiger partial charge in [0.2, 0.25) is 0 Å². The first-order valence-electron chi connectivity index (χ1n) is 5.16. The van der Waals surface area contributed by atoms with Crippen LogP contribution in [0.3, 0.4) is 0 Å². The molecule has 0 aromatic heterocycles. The van der Waals surface area contributed by atoms with E-state index in [1.807, 2.05) is 18.2 Å². The van der Waals surface area contributed by atoms with E-state index in [0.29, 0.717) is 18.5 Å². The average molecular weight is 219 g/mol. The minimum absolute atomic E-state index is 0.0151. The summed E-state index contributed by atoms with van der Waals surface area (Å²) in [5.74, 6) is -0.311. The van der Waals surface area contributed by atoms with Gasteiger partial charge >= 0.3 is 5.97 Å². The van der Waals surface area contributed by atoms with Crippen molar-refractivity contribution < 1.29 is 14.3 Å². The van der Waals surface area contributed by atoms with Crippen LogP contribution in [0.4, 0.5) is 0 Å². The number of benzene rings is 1. The Hall–Kier alpha value is -1.84. The minimum Gasteiger partial charge on any atom is -0.469 e. The van der Waals surface area contributed by atoms with E-state index in [9.17, 15) is 9.59 Å². The average Bonchev–Trinajstić information content (AvgIpc) is 2.33. The molecule has 84 valence electrons. The van der Waals surface area contributed by atoms with Crippen molar-refractivity contribution in [2.45, 2.75) is 12.3 Å². The molecule has 1 aliphatic heterocycles. The van der Waals surface area contributed by atoms with Crippen molar-refractivity contribution in [3.63, 3.8) is 0 Å². The van der Waals surface area contributed by atoms with Crippen LogP contribution in [0.5, 0.6) is 0 Å². The van der Waals surface area contributed by atoms with Gasteiger partial charge in [-0.2, -0.15) is 0 Å². The standard InChI is InChI=1S/C12H13NO3/c1-16-11(14)6-8-7-13-12(15)10-5-3-2-4-9(8)10/h2-5,8H,6-7H2,1H3,(H,13,15). The third-order valence-electron chi connectivity index (χ3n) is 2.79. The number of carbonyl (C=O) groups excluding carboxylic acids is 2. The molecule has 1 aromatic rings. The number of hydrogen-bond donors (Lipinski definition) is 1. The molecule has 1 N–H and O–H groups in total. The number of esters is 1. The van der Waals surface area contributed by atoms with Crippen LogP contribution in [0, 0.1) is 0 Å². The van der Waals surface area contributed by atoms with Gasteiger partial charge in [0.15, 0.2) is 0 Å². The van der Waals surface area contributed by atoms with Gasteiger partial charge in [-0.1, -0.05) is 18.2 Å². The van der Waals surface area contributed by atoms with Crippen LogP contribution >= 0.6 is 0 Å². The molecular formula is C12H13NO3. The molecule has 0 saturated heterocycles. The zero-order valence-electron chi connectivity index (χ0n) is 9.03. The highest BCUT2D eigenvalue weighted by molar-refractivity contribution is 5.97. The van der Waals surface area contributed by atoms with Gasteiger partial charge in [0.25, 0.3) is 5.91 Å². The van der Waals surface area contributed by atoms with E-state index >= 15 is 0 Å². The Bertz CT molecular complexity index is 428. The molecule has 1 atom stereocenters. The molecule has 0 aliphatic carbocycles. The van der Waals surface area contributed by atoms with Crippen LogP contribution in [-0.2, 0) is 9.53 Å². The van der Waals surface area contributed by atoms with Gasteiger partial charge in [-0.3, -0.25) is 9.59 Å². The number of amides is 1. The Balaban J connectivity index is 2.28. The Morgan fingerprint density at radius 1 is 1.50 bits per heavy atom. The minimum atomic E-state index is -0.254. The van der Waals surface area contributed by atoms with Gasteiger partial charge in [-0.15, -0.1) is 0 Å². The van der Waals surface area contributed by atoms with Crippen molar-refractivity contribution in [2.24, 2.45) is 0 Å². The van der Waals surface area contributed by atoms with Gasteiger partial charge in [0.1, 0.15) is 0 Å². The number of methoxy groups -OCH3 is 1. The lowest BCUT2D eigenvalue weighted by Gasteiger charge is -2.24. The zero-order chi connectivity index (χ0) is 11.5. The summed E-state index contributed by atoms with van der Waals surface area (Å²) in [5.41, 5.74) is 1.58. The molecule has 0 bridgehead atoms. The fraction of sp³-hybridized carbons (Fsp3) is 0.333. The number of carbonyl (C=O) groups is 2. The summed E-state index contributed by atoms with van der Waals surface area (Å²) in [6, 6.07) is 7.36. The van der Waals surface area contributed by atoms with Crippen molar-refractivity contribution in [1.29, 1.82) is 0 Å². The molecule has 2 rings (SSSR count). The van der Waals surface area contributed by atoms with E-state index in [1.165, 1.54) is 7.11 Å². The second-order valence-corrected chi connectivity index (χ2v) is 3.77. The summed E-state index contributed by atoms with van der Waals surface area (Å²) in [6.45, 7) is 0.491. The van der Waals surface area contributed by atoms with E-state index in [0.717, 1.165) is 5.56 Å². The maximum absolute atomic E-state index is 11.6. The number of ether oxygens (including phenoxy) is 1. The predicted molar refractivity (Wildman–Crippen MR) is 58.1 cm³/mol. The topological polar surface area (TPSA) is 55.4 Å². The first-order valence-corrected chi connectivity index (χ1v) is 5.16. The van der Waals surface area contributed by atoms with Crippen LogP contribution in [0.2, 0.25) is 0 Å². The van der Waals surface area contributed by atoms with Crippen molar-refractivity contribution in [2.75, 3.05) is 13.7 Å². The molecule has 0 saturated carbocycles. The lowest BCUT2D eigenvalue weighted by molar-refractivity contribution is -0.141. The Kier molecular flexibility index (Phi) is 2.90. The number of hydrogen-bond acceptors (Lipinski definition) is 3. The lowest BCUT2D eigenvalue weighted by atomic mass is 9.88. The Morgan fingerprint density at radius 2 is 2.25 bits per heavy atom. The van der Waals surface area contributed by atoms with Gasteiger partial charge in [0.05, 0.1) is 13.5 Å². The maximum Gasteiger partial charge on any atom is 0.306 e. The third kappa shape index (κ3) is 1.91. The SMILES string of the molecule is COC(=O)CC1CNC(=O)c2ccccc21. The highest BCUT2D eigenvalue weighted by Crippen LogP contribution is 2.26. The van der Waals surface area contributed by atoms with E-state index in [-0.39, 0.29) is 17.8 Å². The van der Waals surface area contributed by atoms with Crippen LogP contribution in [0.15, 0.2) is 24.3 Å². The quantitative estimate of drug-likeness (QED) is 0.757. The van der Waals surface area contributed by atoms with Crippen LogP contribution in [0.25, 0.3) is 0 Å². The number of fused-ring (bicyclic) bond motifs is 1. The number of rotatable bonds is 2. The molecular weight excluding hydrogens is 206 g/mol. The molecule has 16 heavy (non-hydrogen) atoms. The van der Waals surface area contributed by atoms with Crippen molar-refractivity contribution in [3.05, 3.63) is 35.4 Å². The van der Waals surface area contributed by atoms with Crippen LogP contribution < -0.4 is 5.32 Å². The summed E-state index contributed by atoms with van der Waals surface area (Å²) in [4.78, 5) is 22.8. The van der Waals surface area contributed by atoms with Crippen molar-refractivity contribution in [3.8, 4) is 0 Å². The van der Waals surface area contributed by atoms with E-state index in [2.05, 4.69) is 10.1 Å². The monoisotopic (exact) mass is 219 g/mol. The molecule has 4 nitrogen and oxygen atoms in total. The molecule has 1 aliphatic rings. The van der Waals surface area contributed by atoms with Crippen molar-refractivity contribution >= 4 is 11.9 Å².